The lowest BCUT2D eigenvalue weighted by atomic mass is 10.1. The van der Waals surface area contributed by atoms with Gasteiger partial charge in [-0.25, -0.2) is 0 Å². The van der Waals surface area contributed by atoms with Crippen molar-refractivity contribution in [2.24, 2.45) is 0 Å². The van der Waals surface area contributed by atoms with Crippen LogP contribution in [0.2, 0.25) is 0 Å². The molecular weight excluding hydrogens is 183 g/mol. The van der Waals surface area contributed by atoms with Crippen molar-refractivity contribution in [2.75, 3.05) is 26.3 Å². The molecule has 0 aromatic carbocycles. The second kappa shape index (κ2) is 4.28. The van der Waals surface area contributed by atoms with E-state index in [4.69, 9.17) is 4.74 Å². The van der Waals surface area contributed by atoms with Gasteiger partial charge in [0.1, 0.15) is 6.04 Å². The fourth-order valence-electron chi connectivity index (χ4n) is 1.44. The minimum Gasteiger partial charge on any atom is -0.379 e. The van der Waals surface area contributed by atoms with Crippen LogP contribution in [-0.4, -0.2) is 43.4 Å². The Morgan fingerprint density at radius 2 is 1.85 bits per heavy atom. The van der Waals surface area contributed by atoms with Gasteiger partial charge in [0, 0.05) is 13.1 Å². The second-order valence-corrected chi connectivity index (χ2v) is 2.99. The minimum atomic E-state index is -4.17. The summed E-state index contributed by atoms with van der Waals surface area (Å²) >= 11 is 0. The van der Waals surface area contributed by atoms with Gasteiger partial charge in [0.15, 0.2) is 0 Å². The van der Waals surface area contributed by atoms with E-state index in [0.717, 1.165) is 0 Å². The standard InChI is InChI=1S/C8H13F3NO/c1-2-7(8(9,10)11)12-3-5-13-6-4-12/h7H,1-6H2. The quantitative estimate of drug-likeness (QED) is 0.663. The van der Waals surface area contributed by atoms with Crippen molar-refractivity contribution < 1.29 is 17.9 Å². The summed E-state index contributed by atoms with van der Waals surface area (Å²) in [6, 6.07) is -1.41. The minimum absolute atomic E-state index is 0.135. The maximum Gasteiger partial charge on any atom is 0.404 e. The van der Waals surface area contributed by atoms with Gasteiger partial charge < -0.3 is 4.74 Å². The summed E-state index contributed by atoms with van der Waals surface area (Å²) in [4.78, 5) is 1.39. The van der Waals surface area contributed by atoms with Crippen LogP contribution in [0.1, 0.15) is 6.42 Å². The summed E-state index contributed by atoms with van der Waals surface area (Å²) in [5.74, 6) is 0. The molecule has 0 aliphatic carbocycles. The summed E-state index contributed by atoms with van der Waals surface area (Å²) in [6.07, 6.45) is -4.30. The van der Waals surface area contributed by atoms with E-state index in [1.54, 1.807) is 0 Å². The van der Waals surface area contributed by atoms with Crippen molar-refractivity contribution in [2.45, 2.75) is 18.6 Å². The van der Waals surface area contributed by atoms with Crippen molar-refractivity contribution in [3.05, 3.63) is 6.92 Å². The molecule has 1 aliphatic rings. The molecule has 1 radical (unpaired) electrons. The van der Waals surface area contributed by atoms with Crippen molar-refractivity contribution in [1.82, 2.24) is 4.90 Å². The lowest BCUT2D eigenvalue weighted by molar-refractivity contribution is -0.191. The first kappa shape index (κ1) is 10.8. The molecule has 1 saturated heterocycles. The number of rotatable bonds is 2. The van der Waals surface area contributed by atoms with Gasteiger partial charge in [0.05, 0.1) is 13.2 Å². The molecule has 0 spiro atoms. The van der Waals surface area contributed by atoms with E-state index in [9.17, 15) is 13.2 Å². The van der Waals surface area contributed by atoms with Crippen LogP contribution >= 0.6 is 0 Å². The number of alkyl halides is 3. The Labute approximate surface area is 75.7 Å². The highest BCUT2D eigenvalue weighted by Gasteiger charge is 2.42. The number of hydrogen-bond donors (Lipinski definition) is 0. The highest BCUT2D eigenvalue weighted by atomic mass is 19.4. The molecule has 0 aromatic heterocycles. The maximum absolute atomic E-state index is 12.4. The molecule has 1 unspecified atom stereocenters. The zero-order chi connectivity index (χ0) is 9.90. The molecule has 1 fully saturated rings. The Hall–Kier alpha value is -0.290. The van der Waals surface area contributed by atoms with Crippen molar-refractivity contribution in [3.8, 4) is 0 Å². The molecule has 0 N–H and O–H groups in total. The molecule has 1 heterocycles. The van der Waals surface area contributed by atoms with E-state index in [1.807, 2.05) is 0 Å². The molecule has 2 nitrogen and oxygen atoms in total. The van der Waals surface area contributed by atoms with Gasteiger partial charge in [-0.3, -0.25) is 4.90 Å². The Kier molecular flexibility index (Phi) is 3.55. The first-order valence-corrected chi connectivity index (χ1v) is 4.23. The van der Waals surface area contributed by atoms with Crippen LogP contribution in [-0.2, 0) is 4.74 Å². The van der Waals surface area contributed by atoms with E-state index in [1.165, 1.54) is 4.90 Å². The van der Waals surface area contributed by atoms with E-state index in [-0.39, 0.29) is 6.42 Å². The topological polar surface area (TPSA) is 12.5 Å². The van der Waals surface area contributed by atoms with E-state index in [0.29, 0.717) is 26.3 Å². The van der Waals surface area contributed by atoms with Crippen molar-refractivity contribution >= 4 is 0 Å². The van der Waals surface area contributed by atoms with Crippen LogP contribution < -0.4 is 0 Å². The average Bonchev–Trinajstić information content (AvgIpc) is 2.05. The monoisotopic (exact) mass is 196 g/mol. The second-order valence-electron chi connectivity index (χ2n) is 2.99. The SMILES string of the molecule is [CH2]CC(N1CCOCC1)C(F)(F)F. The summed E-state index contributed by atoms with van der Waals surface area (Å²) in [5, 5.41) is 0. The fraction of sp³-hybridized carbons (Fsp3) is 0.875. The van der Waals surface area contributed by atoms with E-state index in [2.05, 4.69) is 6.92 Å². The van der Waals surface area contributed by atoms with Crippen LogP contribution in [0.3, 0.4) is 0 Å². The molecule has 0 aromatic rings. The van der Waals surface area contributed by atoms with E-state index < -0.39 is 12.2 Å². The summed E-state index contributed by atoms with van der Waals surface area (Å²) in [5.41, 5.74) is 0. The number of ether oxygens (including phenoxy) is 1. The van der Waals surface area contributed by atoms with Gasteiger partial charge in [-0.2, -0.15) is 13.2 Å². The number of hydrogen-bond acceptors (Lipinski definition) is 2. The highest BCUT2D eigenvalue weighted by molar-refractivity contribution is 4.80. The molecular formula is C8H13F3NO. The molecule has 5 heteroatoms. The summed E-state index contributed by atoms with van der Waals surface area (Å²) in [6.45, 7) is 4.78. The van der Waals surface area contributed by atoms with Crippen molar-refractivity contribution in [3.63, 3.8) is 0 Å². The van der Waals surface area contributed by atoms with Gasteiger partial charge in [-0.1, -0.05) is 6.92 Å². The third-order valence-electron chi connectivity index (χ3n) is 2.14. The predicted octanol–water partition coefficient (Wildman–Crippen LogP) is 1.47. The van der Waals surface area contributed by atoms with Gasteiger partial charge in [0.25, 0.3) is 0 Å². The van der Waals surface area contributed by atoms with Gasteiger partial charge >= 0.3 is 6.18 Å². The molecule has 0 amide bonds. The zero-order valence-corrected chi connectivity index (χ0v) is 7.31. The third-order valence-corrected chi connectivity index (χ3v) is 2.14. The summed E-state index contributed by atoms with van der Waals surface area (Å²) in [7, 11) is 0. The first-order chi connectivity index (χ1) is 6.05. The van der Waals surface area contributed by atoms with Crippen LogP contribution in [0, 0.1) is 6.92 Å². The predicted molar refractivity (Wildman–Crippen MR) is 42.2 cm³/mol. The summed E-state index contributed by atoms with van der Waals surface area (Å²) < 4.78 is 42.1. The van der Waals surface area contributed by atoms with Gasteiger partial charge in [-0.15, -0.1) is 0 Å². The maximum atomic E-state index is 12.4. The lowest BCUT2D eigenvalue weighted by Gasteiger charge is -2.34. The zero-order valence-electron chi connectivity index (χ0n) is 7.31. The molecule has 1 aliphatic heterocycles. The normalized spacial score (nSPS) is 23.1. The Bertz CT molecular complexity index is 154. The average molecular weight is 196 g/mol. The van der Waals surface area contributed by atoms with Crippen molar-refractivity contribution in [1.29, 1.82) is 0 Å². The number of halogens is 3. The molecule has 77 valence electrons. The van der Waals surface area contributed by atoms with Gasteiger partial charge in [-0.05, 0) is 6.42 Å². The van der Waals surface area contributed by atoms with Crippen LogP contribution in [0.5, 0.6) is 0 Å². The van der Waals surface area contributed by atoms with Crippen LogP contribution in [0.15, 0.2) is 0 Å². The Balaban J connectivity index is 2.54. The first-order valence-electron chi connectivity index (χ1n) is 4.23. The van der Waals surface area contributed by atoms with Crippen LogP contribution in [0.4, 0.5) is 13.2 Å². The number of nitrogens with zero attached hydrogens (tertiary/aromatic N) is 1. The highest BCUT2D eigenvalue weighted by Crippen LogP contribution is 2.27. The molecule has 1 rings (SSSR count). The molecule has 0 bridgehead atoms. The Morgan fingerprint density at radius 1 is 1.31 bits per heavy atom. The van der Waals surface area contributed by atoms with Gasteiger partial charge in [0.2, 0.25) is 0 Å². The largest absolute Gasteiger partial charge is 0.404 e. The number of morpholine rings is 1. The molecule has 0 saturated carbocycles. The smallest absolute Gasteiger partial charge is 0.379 e. The lowest BCUT2D eigenvalue weighted by Crippen LogP contribution is -2.50. The fourth-order valence-corrected chi connectivity index (χ4v) is 1.44. The van der Waals surface area contributed by atoms with Crippen LogP contribution in [0.25, 0.3) is 0 Å². The molecule has 13 heavy (non-hydrogen) atoms. The Morgan fingerprint density at radius 3 is 2.23 bits per heavy atom. The molecule has 1 atom stereocenters. The van der Waals surface area contributed by atoms with E-state index >= 15 is 0 Å². The third kappa shape index (κ3) is 2.84.